The molecule has 1 unspecified atom stereocenters. The van der Waals surface area contributed by atoms with Gasteiger partial charge in [0.05, 0.1) is 12.1 Å². The Balaban J connectivity index is 2.52. The number of carboxylic acid groups (broad SMARTS) is 1. The lowest BCUT2D eigenvalue weighted by Gasteiger charge is -2.04. The minimum absolute atomic E-state index is 0.412. The van der Waals surface area contributed by atoms with Crippen molar-refractivity contribution in [3.05, 3.63) is 34.9 Å². The minimum atomic E-state index is -0.976. The summed E-state index contributed by atoms with van der Waals surface area (Å²) in [5.74, 6) is -0.349. The number of carbonyl (C=O) groups is 1. The van der Waals surface area contributed by atoms with Crippen molar-refractivity contribution >= 4 is 23.6 Å². The largest absolute Gasteiger partial charge is 0.495 e. The van der Waals surface area contributed by atoms with Crippen LogP contribution in [0, 0.1) is 0 Å². The molecule has 1 aromatic carbocycles. The molecule has 18 heavy (non-hydrogen) atoms. The number of rotatable bonds is 6. The summed E-state index contributed by atoms with van der Waals surface area (Å²) in [5, 5.41) is 9.16. The van der Waals surface area contributed by atoms with Crippen LogP contribution in [0.4, 0.5) is 0 Å². The van der Waals surface area contributed by atoms with Gasteiger partial charge in [-0.15, -0.1) is 0 Å². The van der Waals surface area contributed by atoms with Gasteiger partial charge in [0.25, 0.3) is 0 Å². The highest BCUT2D eigenvalue weighted by molar-refractivity contribution is 6.32. The van der Waals surface area contributed by atoms with Crippen molar-refractivity contribution in [1.29, 1.82) is 0 Å². The SMILES string of the molecule is COc1ccc(/C=C/CCC(N)C(=O)O)cc1Cl. The van der Waals surface area contributed by atoms with Crippen LogP contribution in [0.15, 0.2) is 24.3 Å². The molecule has 0 saturated carbocycles. The Hall–Kier alpha value is -1.52. The van der Waals surface area contributed by atoms with Crippen LogP contribution < -0.4 is 10.5 Å². The molecule has 1 rings (SSSR count). The average molecular weight is 270 g/mol. The molecule has 0 amide bonds. The number of carboxylic acids is 1. The molecule has 98 valence electrons. The summed E-state index contributed by atoms with van der Waals surface area (Å²) in [6.45, 7) is 0. The molecule has 4 nitrogen and oxygen atoms in total. The van der Waals surface area contributed by atoms with Crippen molar-refractivity contribution < 1.29 is 14.6 Å². The van der Waals surface area contributed by atoms with Crippen LogP contribution in [-0.2, 0) is 4.79 Å². The predicted molar refractivity (Wildman–Crippen MR) is 71.9 cm³/mol. The fourth-order valence-electron chi connectivity index (χ4n) is 1.40. The van der Waals surface area contributed by atoms with Gasteiger partial charge in [-0.2, -0.15) is 0 Å². The first-order chi connectivity index (χ1) is 8.54. The van der Waals surface area contributed by atoms with E-state index in [1.54, 1.807) is 19.2 Å². The topological polar surface area (TPSA) is 72.5 Å². The number of benzene rings is 1. The lowest BCUT2D eigenvalue weighted by atomic mass is 10.1. The number of ether oxygens (including phenoxy) is 1. The summed E-state index contributed by atoms with van der Waals surface area (Å²) in [7, 11) is 1.56. The van der Waals surface area contributed by atoms with E-state index in [9.17, 15) is 4.79 Å². The van der Waals surface area contributed by atoms with Crippen LogP contribution in [0.25, 0.3) is 6.08 Å². The molecule has 0 heterocycles. The Morgan fingerprint density at radius 3 is 2.89 bits per heavy atom. The third kappa shape index (κ3) is 4.39. The van der Waals surface area contributed by atoms with Gasteiger partial charge in [0.2, 0.25) is 0 Å². The molecular weight excluding hydrogens is 254 g/mol. The lowest BCUT2D eigenvalue weighted by Crippen LogP contribution is -2.29. The van der Waals surface area contributed by atoms with E-state index in [1.165, 1.54) is 0 Å². The number of allylic oxidation sites excluding steroid dienone is 1. The second kappa shape index (κ2) is 7.03. The standard InChI is InChI=1S/C13H16ClNO3/c1-18-12-7-6-9(8-10(12)14)4-2-3-5-11(15)13(16)17/h2,4,6-8,11H,3,5,15H2,1H3,(H,16,17)/b4-2+. The maximum atomic E-state index is 10.5. The Kier molecular flexibility index (Phi) is 5.68. The Labute approximate surface area is 111 Å². The highest BCUT2D eigenvalue weighted by atomic mass is 35.5. The van der Waals surface area contributed by atoms with Crippen molar-refractivity contribution in [3.8, 4) is 5.75 Å². The van der Waals surface area contributed by atoms with Crippen LogP contribution >= 0.6 is 11.6 Å². The first-order valence-electron chi connectivity index (χ1n) is 5.53. The molecule has 1 atom stereocenters. The van der Waals surface area contributed by atoms with E-state index in [2.05, 4.69) is 0 Å². The molecular formula is C13H16ClNO3. The van der Waals surface area contributed by atoms with Gasteiger partial charge in [-0.3, -0.25) is 4.79 Å². The molecule has 0 aliphatic heterocycles. The third-order valence-electron chi connectivity index (χ3n) is 2.45. The maximum Gasteiger partial charge on any atom is 0.320 e. The van der Waals surface area contributed by atoms with E-state index in [1.807, 2.05) is 18.2 Å². The summed E-state index contributed by atoms with van der Waals surface area (Å²) in [6.07, 6.45) is 4.77. The van der Waals surface area contributed by atoms with Crippen LogP contribution in [0.1, 0.15) is 18.4 Å². The van der Waals surface area contributed by atoms with E-state index in [0.29, 0.717) is 23.6 Å². The molecule has 5 heteroatoms. The van der Waals surface area contributed by atoms with Crippen molar-refractivity contribution in [2.75, 3.05) is 7.11 Å². The Morgan fingerprint density at radius 2 is 2.33 bits per heavy atom. The van der Waals surface area contributed by atoms with Crippen molar-refractivity contribution in [3.63, 3.8) is 0 Å². The van der Waals surface area contributed by atoms with Gasteiger partial charge in [-0.25, -0.2) is 0 Å². The molecule has 0 bridgehead atoms. The molecule has 3 N–H and O–H groups in total. The number of halogens is 1. The van der Waals surface area contributed by atoms with Gasteiger partial charge in [0.15, 0.2) is 0 Å². The first kappa shape index (κ1) is 14.5. The van der Waals surface area contributed by atoms with Gasteiger partial charge in [-0.1, -0.05) is 29.8 Å². The Morgan fingerprint density at radius 1 is 1.61 bits per heavy atom. The zero-order chi connectivity index (χ0) is 13.5. The predicted octanol–water partition coefficient (Wildman–Crippen LogP) is 2.55. The molecule has 0 fully saturated rings. The van der Waals surface area contributed by atoms with E-state index in [0.717, 1.165) is 5.56 Å². The van der Waals surface area contributed by atoms with Gasteiger partial charge in [0.1, 0.15) is 11.8 Å². The summed E-state index contributed by atoms with van der Waals surface area (Å²) < 4.78 is 5.05. The van der Waals surface area contributed by atoms with E-state index in [-0.39, 0.29) is 0 Å². The first-order valence-corrected chi connectivity index (χ1v) is 5.91. The van der Waals surface area contributed by atoms with Gasteiger partial charge >= 0.3 is 5.97 Å². The van der Waals surface area contributed by atoms with Gasteiger partial charge in [-0.05, 0) is 30.5 Å². The molecule has 0 radical (unpaired) electrons. The van der Waals surface area contributed by atoms with Crippen molar-refractivity contribution in [2.45, 2.75) is 18.9 Å². The van der Waals surface area contributed by atoms with Crippen LogP contribution in [-0.4, -0.2) is 24.2 Å². The van der Waals surface area contributed by atoms with Gasteiger partial charge in [0, 0.05) is 0 Å². The smallest absolute Gasteiger partial charge is 0.320 e. The van der Waals surface area contributed by atoms with E-state index >= 15 is 0 Å². The van der Waals surface area contributed by atoms with Crippen molar-refractivity contribution in [2.24, 2.45) is 5.73 Å². The molecule has 0 spiro atoms. The van der Waals surface area contributed by atoms with Crippen LogP contribution in [0.2, 0.25) is 5.02 Å². The molecule has 1 aromatic rings. The molecule has 0 aromatic heterocycles. The fraction of sp³-hybridized carbons (Fsp3) is 0.308. The van der Waals surface area contributed by atoms with Crippen LogP contribution in [0.5, 0.6) is 5.75 Å². The fourth-order valence-corrected chi connectivity index (χ4v) is 1.67. The highest BCUT2D eigenvalue weighted by Gasteiger charge is 2.08. The van der Waals surface area contributed by atoms with Crippen molar-refractivity contribution in [1.82, 2.24) is 0 Å². The zero-order valence-electron chi connectivity index (χ0n) is 10.1. The maximum absolute atomic E-state index is 10.5. The number of hydrogen-bond acceptors (Lipinski definition) is 3. The average Bonchev–Trinajstić information content (AvgIpc) is 2.34. The van der Waals surface area contributed by atoms with Crippen LogP contribution in [0.3, 0.4) is 0 Å². The molecule has 0 saturated heterocycles. The minimum Gasteiger partial charge on any atom is -0.495 e. The number of hydrogen-bond donors (Lipinski definition) is 2. The summed E-state index contributed by atoms with van der Waals surface area (Å²) in [5.41, 5.74) is 6.32. The highest BCUT2D eigenvalue weighted by Crippen LogP contribution is 2.25. The summed E-state index contributed by atoms with van der Waals surface area (Å²) >= 11 is 5.98. The zero-order valence-corrected chi connectivity index (χ0v) is 10.9. The lowest BCUT2D eigenvalue weighted by molar-refractivity contribution is -0.138. The number of methoxy groups -OCH3 is 1. The number of aliphatic carboxylic acids is 1. The second-order valence-corrected chi connectivity index (χ2v) is 4.23. The summed E-state index contributed by atoms with van der Waals surface area (Å²) in [6, 6.07) is 4.63. The van der Waals surface area contributed by atoms with Gasteiger partial charge < -0.3 is 15.6 Å². The molecule has 0 aliphatic carbocycles. The monoisotopic (exact) mass is 269 g/mol. The van der Waals surface area contributed by atoms with E-state index < -0.39 is 12.0 Å². The second-order valence-electron chi connectivity index (χ2n) is 3.82. The Bertz CT molecular complexity index is 446. The van der Waals surface area contributed by atoms with E-state index in [4.69, 9.17) is 27.2 Å². The third-order valence-corrected chi connectivity index (χ3v) is 2.74. The summed E-state index contributed by atoms with van der Waals surface area (Å²) in [4.78, 5) is 10.5. The molecule has 0 aliphatic rings. The quantitative estimate of drug-likeness (QED) is 0.832. The number of nitrogens with two attached hydrogens (primary N) is 1. The normalized spacial score (nSPS) is 12.6.